The van der Waals surface area contributed by atoms with Gasteiger partial charge in [0.15, 0.2) is 29.1 Å². The van der Waals surface area contributed by atoms with Crippen LogP contribution in [0.2, 0.25) is 0 Å². The number of esters is 1. The molecule has 46 heavy (non-hydrogen) atoms. The third kappa shape index (κ3) is 6.51. The van der Waals surface area contributed by atoms with E-state index >= 15 is 0 Å². The Hall–Kier alpha value is -4.63. The van der Waals surface area contributed by atoms with Gasteiger partial charge in [0, 0.05) is 36.1 Å². The number of aliphatic hydroxyl groups excluding tert-OH is 2. The van der Waals surface area contributed by atoms with E-state index in [1.807, 2.05) is 0 Å². The Morgan fingerprint density at radius 1 is 0.957 bits per heavy atom. The number of ether oxygens (including phenoxy) is 7. The Bertz CT molecular complexity index is 1550. The third-order valence-electron chi connectivity index (χ3n) is 7.93. The fourth-order valence-electron chi connectivity index (χ4n) is 5.41. The minimum absolute atomic E-state index is 0.000254. The normalized spacial score (nSPS) is 23.6. The Morgan fingerprint density at radius 2 is 1.67 bits per heavy atom. The topological polar surface area (TPSA) is 203 Å². The van der Waals surface area contributed by atoms with Crippen LogP contribution >= 0.6 is 0 Å². The second kappa shape index (κ2) is 13.4. The third-order valence-corrected chi connectivity index (χ3v) is 7.93. The van der Waals surface area contributed by atoms with Crippen molar-refractivity contribution in [3.63, 3.8) is 0 Å². The number of benzene rings is 3. The number of hydrogen-bond donors (Lipinski definition) is 6. The lowest BCUT2D eigenvalue weighted by Crippen LogP contribution is -2.48. The van der Waals surface area contributed by atoms with Gasteiger partial charge in [0.2, 0.25) is 12.0 Å². The average molecular weight is 645 g/mol. The van der Waals surface area contributed by atoms with Gasteiger partial charge in [0.1, 0.15) is 35.1 Å². The van der Waals surface area contributed by atoms with E-state index in [2.05, 4.69) is 0 Å². The second-order valence-electron chi connectivity index (χ2n) is 11.0. The molecule has 6 N–H and O–H groups in total. The van der Waals surface area contributed by atoms with Gasteiger partial charge in [-0.2, -0.15) is 0 Å². The summed E-state index contributed by atoms with van der Waals surface area (Å²) in [5, 5.41) is 60.9. The number of rotatable bonds is 11. The molecule has 3 aromatic carbocycles. The van der Waals surface area contributed by atoms with Crippen LogP contribution in [0, 0.1) is 0 Å². The molecule has 14 nitrogen and oxygen atoms in total. The van der Waals surface area contributed by atoms with Crippen LogP contribution < -0.4 is 23.7 Å². The number of carbonyl (C=O) groups excluding carboxylic acids is 1. The van der Waals surface area contributed by atoms with Gasteiger partial charge in [-0.05, 0) is 36.2 Å². The molecule has 1 fully saturated rings. The Kier molecular flexibility index (Phi) is 9.53. The van der Waals surface area contributed by atoms with E-state index < -0.39 is 55.1 Å². The maximum atomic E-state index is 13.3. The van der Waals surface area contributed by atoms with Crippen molar-refractivity contribution in [2.45, 2.75) is 49.5 Å². The zero-order valence-electron chi connectivity index (χ0n) is 25.3. The Morgan fingerprint density at radius 3 is 2.28 bits per heavy atom. The molecule has 0 bridgehead atoms. The first-order valence-corrected chi connectivity index (χ1v) is 14.3. The monoisotopic (exact) mass is 644 g/mol. The molecular formula is C32H36O14. The van der Waals surface area contributed by atoms with E-state index in [1.165, 1.54) is 51.7 Å². The van der Waals surface area contributed by atoms with E-state index in [0.717, 1.165) is 5.56 Å². The maximum Gasteiger partial charge on any atom is 0.306 e. The highest BCUT2D eigenvalue weighted by atomic mass is 16.7. The van der Waals surface area contributed by atoms with Crippen LogP contribution in [0.25, 0.3) is 0 Å². The van der Waals surface area contributed by atoms with Crippen molar-refractivity contribution in [2.75, 3.05) is 34.5 Å². The fraction of sp³-hybridized carbons (Fsp3) is 0.406. The standard InChI is InChI=1S/C32H36O14/c1-40-24-8-16(9-25(41-2)29(24)42-3)4-7-27(37)44-26-13-19-22(45-28(26)17-5-6-20(35)21(36)10-17)11-18(34)12-23(19)46-31-30(38)32(39,14-33)15-43-31/h5-6,8-12,26,28,30-31,33-36,38-39H,4,7,13-15H2,1-3H3/t26-,28+,30?,31?,32?/m0/s1. The molecule has 14 heteroatoms. The highest BCUT2D eigenvalue weighted by Crippen LogP contribution is 2.45. The predicted molar refractivity (Wildman–Crippen MR) is 158 cm³/mol. The summed E-state index contributed by atoms with van der Waals surface area (Å²) in [6.07, 6.45) is -4.76. The number of hydrogen-bond acceptors (Lipinski definition) is 14. The molecule has 0 spiro atoms. The smallest absolute Gasteiger partial charge is 0.306 e. The summed E-state index contributed by atoms with van der Waals surface area (Å²) in [5.74, 6) is -0.162. The molecule has 2 heterocycles. The van der Waals surface area contributed by atoms with Crippen LogP contribution in [0.5, 0.6) is 46.0 Å². The van der Waals surface area contributed by atoms with Crippen LogP contribution in [0.4, 0.5) is 0 Å². The highest BCUT2D eigenvalue weighted by molar-refractivity contribution is 5.70. The molecule has 0 radical (unpaired) electrons. The van der Waals surface area contributed by atoms with Crippen molar-refractivity contribution in [2.24, 2.45) is 0 Å². The SMILES string of the molecule is COc1cc(CCC(=O)O[C@H]2Cc3c(OC4OCC(O)(CO)C4O)cc(O)cc3O[C@@H]2c2ccc(O)c(O)c2)cc(OC)c1OC. The molecule has 0 aromatic heterocycles. The summed E-state index contributed by atoms with van der Waals surface area (Å²) in [7, 11) is 4.46. The first kappa shape index (κ1) is 32.8. The van der Waals surface area contributed by atoms with Gasteiger partial charge in [0.05, 0.1) is 34.5 Å². The van der Waals surface area contributed by atoms with Crippen LogP contribution in [0.15, 0.2) is 42.5 Å². The van der Waals surface area contributed by atoms with E-state index in [-0.39, 0.29) is 42.3 Å². The summed E-state index contributed by atoms with van der Waals surface area (Å²) < 4.78 is 39.5. The van der Waals surface area contributed by atoms with E-state index in [9.17, 15) is 35.4 Å². The van der Waals surface area contributed by atoms with E-state index in [1.54, 1.807) is 12.1 Å². The number of aliphatic hydroxyl groups is 3. The lowest BCUT2D eigenvalue weighted by Gasteiger charge is -2.35. The van der Waals surface area contributed by atoms with Crippen LogP contribution in [0.3, 0.4) is 0 Å². The predicted octanol–water partition coefficient (Wildman–Crippen LogP) is 1.87. The van der Waals surface area contributed by atoms with Crippen LogP contribution in [0.1, 0.15) is 29.2 Å². The van der Waals surface area contributed by atoms with Gasteiger partial charge < -0.3 is 63.8 Å². The summed E-state index contributed by atoms with van der Waals surface area (Å²) in [4.78, 5) is 13.3. The first-order valence-electron chi connectivity index (χ1n) is 14.3. The van der Waals surface area contributed by atoms with Crippen molar-refractivity contribution in [3.8, 4) is 46.0 Å². The van der Waals surface area contributed by atoms with Gasteiger partial charge in [-0.25, -0.2) is 0 Å². The molecule has 2 aliphatic heterocycles. The number of carbonyl (C=O) groups is 1. The lowest BCUT2D eigenvalue weighted by atomic mass is 9.93. The van der Waals surface area contributed by atoms with Crippen molar-refractivity contribution >= 4 is 5.97 Å². The average Bonchev–Trinajstić information content (AvgIpc) is 3.33. The summed E-state index contributed by atoms with van der Waals surface area (Å²) >= 11 is 0. The molecule has 248 valence electrons. The zero-order chi connectivity index (χ0) is 33.2. The quantitative estimate of drug-likeness (QED) is 0.130. The van der Waals surface area contributed by atoms with Crippen molar-refractivity contribution in [1.29, 1.82) is 0 Å². The number of phenols is 3. The summed E-state index contributed by atoms with van der Waals surface area (Å²) in [5.41, 5.74) is -0.493. The first-order chi connectivity index (χ1) is 22.0. The summed E-state index contributed by atoms with van der Waals surface area (Å²) in [6, 6.07) is 10.1. The zero-order valence-corrected chi connectivity index (χ0v) is 25.3. The van der Waals surface area contributed by atoms with Crippen molar-refractivity contribution in [1.82, 2.24) is 0 Å². The molecule has 3 unspecified atom stereocenters. The van der Waals surface area contributed by atoms with Crippen LogP contribution in [-0.2, 0) is 27.1 Å². The highest BCUT2D eigenvalue weighted by Gasteiger charge is 2.49. The summed E-state index contributed by atoms with van der Waals surface area (Å²) in [6.45, 7) is -1.17. The fourth-order valence-corrected chi connectivity index (χ4v) is 5.41. The molecule has 3 aromatic rings. The lowest BCUT2D eigenvalue weighted by molar-refractivity contribution is -0.155. The van der Waals surface area contributed by atoms with Crippen molar-refractivity contribution < 1.29 is 68.6 Å². The number of phenolic OH excluding ortho intramolecular Hbond substituents is 3. The number of aromatic hydroxyl groups is 3. The Labute approximate surface area is 263 Å². The van der Waals surface area contributed by atoms with Crippen molar-refractivity contribution in [3.05, 3.63) is 59.2 Å². The van der Waals surface area contributed by atoms with Gasteiger partial charge in [-0.1, -0.05) is 6.07 Å². The van der Waals surface area contributed by atoms with Gasteiger partial charge in [-0.15, -0.1) is 0 Å². The van der Waals surface area contributed by atoms with Gasteiger partial charge in [-0.3, -0.25) is 4.79 Å². The second-order valence-corrected chi connectivity index (χ2v) is 11.0. The molecule has 0 saturated carbocycles. The molecule has 0 amide bonds. The minimum atomic E-state index is -1.94. The number of methoxy groups -OCH3 is 3. The molecule has 5 rings (SSSR count). The minimum Gasteiger partial charge on any atom is -0.508 e. The Balaban J connectivity index is 1.41. The van der Waals surface area contributed by atoms with Gasteiger partial charge in [0.25, 0.3) is 0 Å². The molecule has 2 aliphatic rings. The van der Waals surface area contributed by atoms with Crippen LogP contribution in [-0.4, -0.2) is 95.3 Å². The van der Waals surface area contributed by atoms with E-state index in [4.69, 9.17) is 33.2 Å². The molecular weight excluding hydrogens is 608 g/mol. The maximum absolute atomic E-state index is 13.3. The molecule has 0 aliphatic carbocycles. The molecule has 5 atom stereocenters. The number of aryl methyl sites for hydroxylation is 1. The molecule has 1 saturated heterocycles. The number of fused-ring (bicyclic) bond motifs is 1. The van der Waals surface area contributed by atoms with Gasteiger partial charge >= 0.3 is 5.97 Å². The van der Waals surface area contributed by atoms with E-state index in [0.29, 0.717) is 28.4 Å². The largest absolute Gasteiger partial charge is 0.508 e.